The summed E-state index contributed by atoms with van der Waals surface area (Å²) in [5, 5.41) is 5.30. The molecular weight excluding hydrogens is 320 g/mol. The van der Waals surface area contributed by atoms with Gasteiger partial charge < -0.3 is 15.4 Å². The molecule has 0 fully saturated rings. The van der Waals surface area contributed by atoms with Gasteiger partial charge in [-0.3, -0.25) is 9.59 Å². The second-order valence-corrected chi connectivity index (χ2v) is 6.17. The lowest BCUT2D eigenvalue weighted by Gasteiger charge is -2.23. The average Bonchev–Trinajstić information content (AvgIpc) is 2.60. The second kappa shape index (κ2) is 10.3. The Kier molecular flexibility index (Phi) is 8.39. The van der Waals surface area contributed by atoms with Crippen molar-refractivity contribution in [3.63, 3.8) is 0 Å². The first kappa shape index (κ1) is 20.4. The molecule has 0 aromatic heterocycles. The summed E-state index contributed by atoms with van der Waals surface area (Å²) < 4.78 is 4.76. The molecule has 6 heteroatoms. The van der Waals surface area contributed by atoms with Gasteiger partial charge in [0.1, 0.15) is 12.1 Å². The van der Waals surface area contributed by atoms with Gasteiger partial charge in [0.05, 0.1) is 7.11 Å². The van der Waals surface area contributed by atoms with Crippen LogP contribution in [0, 0.1) is 5.92 Å². The van der Waals surface area contributed by atoms with Crippen molar-refractivity contribution in [2.45, 2.75) is 38.8 Å². The maximum absolute atomic E-state index is 12.6. The van der Waals surface area contributed by atoms with Crippen LogP contribution in [0.1, 0.15) is 25.8 Å². The Morgan fingerprint density at radius 1 is 1.12 bits per heavy atom. The molecule has 136 valence electrons. The molecule has 0 aliphatic heterocycles. The SMILES string of the molecule is C=CC(=O)N[C@H](Cc1ccccc1)C(=O)N[C@@H](CC(C)C)C(=O)OC. The number of carbonyl (C=O) groups is 3. The monoisotopic (exact) mass is 346 g/mol. The van der Waals surface area contributed by atoms with Crippen molar-refractivity contribution < 1.29 is 19.1 Å². The van der Waals surface area contributed by atoms with Gasteiger partial charge in [0, 0.05) is 6.42 Å². The summed E-state index contributed by atoms with van der Waals surface area (Å²) in [5.74, 6) is -1.19. The summed E-state index contributed by atoms with van der Waals surface area (Å²) in [6, 6.07) is 7.75. The van der Waals surface area contributed by atoms with Crippen molar-refractivity contribution in [2.75, 3.05) is 7.11 Å². The zero-order chi connectivity index (χ0) is 18.8. The third-order valence-electron chi connectivity index (χ3n) is 3.61. The number of hydrogen-bond donors (Lipinski definition) is 2. The molecule has 0 aliphatic carbocycles. The Labute approximate surface area is 148 Å². The second-order valence-electron chi connectivity index (χ2n) is 6.17. The van der Waals surface area contributed by atoms with Crippen molar-refractivity contribution in [2.24, 2.45) is 5.92 Å². The van der Waals surface area contributed by atoms with E-state index in [2.05, 4.69) is 17.2 Å². The number of amides is 2. The van der Waals surface area contributed by atoms with Crippen LogP contribution < -0.4 is 10.6 Å². The van der Waals surface area contributed by atoms with Crippen molar-refractivity contribution in [1.82, 2.24) is 10.6 Å². The van der Waals surface area contributed by atoms with Crippen LogP contribution in [-0.4, -0.2) is 37.0 Å². The molecule has 0 saturated heterocycles. The third kappa shape index (κ3) is 7.20. The Morgan fingerprint density at radius 2 is 1.76 bits per heavy atom. The highest BCUT2D eigenvalue weighted by Crippen LogP contribution is 2.08. The number of methoxy groups -OCH3 is 1. The van der Waals surface area contributed by atoms with Crippen LogP contribution in [-0.2, 0) is 25.5 Å². The molecule has 1 aromatic carbocycles. The molecule has 2 amide bonds. The molecular formula is C19H26N2O4. The first-order valence-corrected chi connectivity index (χ1v) is 8.22. The van der Waals surface area contributed by atoms with Crippen LogP contribution in [0.25, 0.3) is 0 Å². The third-order valence-corrected chi connectivity index (χ3v) is 3.61. The molecule has 1 rings (SSSR count). The Morgan fingerprint density at radius 3 is 2.28 bits per heavy atom. The molecule has 2 atom stereocenters. The maximum Gasteiger partial charge on any atom is 0.328 e. The number of rotatable bonds is 9. The lowest BCUT2D eigenvalue weighted by molar-refractivity contribution is -0.145. The van der Waals surface area contributed by atoms with Crippen molar-refractivity contribution in [3.8, 4) is 0 Å². The summed E-state index contributed by atoms with van der Waals surface area (Å²) in [6.07, 6.45) is 1.87. The van der Waals surface area contributed by atoms with Crippen LogP contribution in [0.4, 0.5) is 0 Å². The van der Waals surface area contributed by atoms with Crippen LogP contribution in [0.3, 0.4) is 0 Å². The van der Waals surface area contributed by atoms with Crippen LogP contribution >= 0.6 is 0 Å². The number of nitrogens with one attached hydrogen (secondary N) is 2. The standard InChI is InChI=1S/C19H26N2O4/c1-5-17(22)20-15(12-14-9-7-6-8-10-14)18(23)21-16(11-13(2)3)19(24)25-4/h5-10,13,15-16H,1,11-12H2,2-4H3,(H,20,22)(H,21,23)/t15-,16+/m1/s1. The maximum atomic E-state index is 12.6. The quantitative estimate of drug-likeness (QED) is 0.525. The fourth-order valence-corrected chi connectivity index (χ4v) is 2.39. The molecule has 0 bridgehead atoms. The van der Waals surface area contributed by atoms with Gasteiger partial charge in [-0.1, -0.05) is 50.8 Å². The zero-order valence-corrected chi connectivity index (χ0v) is 15.0. The van der Waals surface area contributed by atoms with E-state index in [0.717, 1.165) is 11.6 Å². The molecule has 25 heavy (non-hydrogen) atoms. The predicted molar refractivity (Wildman–Crippen MR) is 95.7 cm³/mol. The molecule has 2 N–H and O–H groups in total. The summed E-state index contributed by atoms with van der Waals surface area (Å²) in [5.41, 5.74) is 0.894. The smallest absolute Gasteiger partial charge is 0.328 e. The van der Waals surface area contributed by atoms with E-state index >= 15 is 0 Å². The molecule has 0 unspecified atom stereocenters. The van der Waals surface area contributed by atoms with E-state index in [0.29, 0.717) is 12.8 Å². The van der Waals surface area contributed by atoms with Gasteiger partial charge in [-0.2, -0.15) is 0 Å². The summed E-state index contributed by atoms with van der Waals surface area (Å²) >= 11 is 0. The van der Waals surface area contributed by atoms with Gasteiger partial charge in [0.25, 0.3) is 0 Å². The van der Waals surface area contributed by atoms with Crippen molar-refractivity contribution >= 4 is 17.8 Å². The number of benzene rings is 1. The normalized spacial score (nSPS) is 12.8. The summed E-state index contributed by atoms with van der Waals surface area (Å²) in [7, 11) is 1.28. The Hall–Kier alpha value is -2.63. The van der Waals surface area contributed by atoms with E-state index in [-0.39, 0.29) is 5.92 Å². The topological polar surface area (TPSA) is 84.5 Å². The number of esters is 1. The minimum absolute atomic E-state index is 0.194. The zero-order valence-electron chi connectivity index (χ0n) is 15.0. The Bertz CT molecular complexity index is 599. The molecule has 0 spiro atoms. The van der Waals surface area contributed by atoms with Crippen molar-refractivity contribution in [1.29, 1.82) is 0 Å². The minimum atomic E-state index is -0.813. The predicted octanol–water partition coefficient (Wildman–Crippen LogP) is 1.60. The van der Waals surface area contributed by atoms with E-state index < -0.39 is 29.9 Å². The number of carbonyl (C=O) groups excluding carboxylic acids is 3. The lowest BCUT2D eigenvalue weighted by Crippen LogP contribution is -2.52. The largest absolute Gasteiger partial charge is 0.467 e. The van der Waals surface area contributed by atoms with Gasteiger partial charge in [-0.05, 0) is 24.0 Å². The average molecular weight is 346 g/mol. The molecule has 0 aliphatic rings. The molecule has 0 heterocycles. The van der Waals surface area contributed by atoms with Crippen molar-refractivity contribution in [3.05, 3.63) is 48.6 Å². The van der Waals surface area contributed by atoms with E-state index in [1.165, 1.54) is 7.11 Å². The molecule has 1 aromatic rings. The highest BCUT2D eigenvalue weighted by atomic mass is 16.5. The van der Waals surface area contributed by atoms with Crippen LogP contribution in [0.2, 0.25) is 0 Å². The van der Waals surface area contributed by atoms with Crippen LogP contribution in [0.5, 0.6) is 0 Å². The van der Waals surface area contributed by atoms with Gasteiger partial charge in [0.15, 0.2) is 0 Å². The van der Waals surface area contributed by atoms with Crippen LogP contribution in [0.15, 0.2) is 43.0 Å². The fraction of sp³-hybridized carbons (Fsp3) is 0.421. The van der Waals surface area contributed by atoms with Gasteiger partial charge in [-0.25, -0.2) is 4.79 Å². The van der Waals surface area contributed by atoms with Gasteiger partial charge in [0.2, 0.25) is 11.8 Å². The molecule has 0 radical (unpaired) electrons. The summed E-state index contributed by atoms with van der Waals surface area (Å²) in [4.78, 5) is 36.2. The highest BCUT2D eigenvalue weighted by molar-refractivity contribution is 5.94. The Balaban J connectivity index is 2.90. The van der Waals surface area contributed by atoms with Gasteiger partial charge in [-0.15, -0.1) is 0 Å². The molecule has 6 nitrogen and oxygen atoms in total. The number of ether oxygens (including phenoxy) is 1. The fourth-order valence-electron chi connectivity index (χ4n) is 2.39. The minimum Gasteiger partial charge on any atom is -0.467 e. The number of hydrogen-bond acceptors (Lipinski definition) is 4. The van der Waals surface area contributed by atoms with E-state index in [1.807, 2.05) is 44.2 Å². The summed E-state index contributed by atoms with van der Waals surface area (Å²) in [6.45, 7) is 7.30. The van der Waals surface area contributed by atoms with E-state index in [9.17, 15) is 14.4 Å². The van der Waals surface area contributed by atoms with Gasteiger partial charge >= 0.3 is 5.97 Å². The molecule has 0 saturated carbocycles. The highest BCUT2D eigenvalue weighted by Gasteiger charge is 2.27. The first-order valence-electron chi connectivity index (χ1n) is 8.22. The first-order chi connectivity index (χ1) is 11.9. The van der Waals surface area contributed by atoms with E-state index in [4.69, 9.17) is 4.74 Å². The lowest BCUT2D eigenvalue weighted by atomic mass is 10.0. The van der Waals surface area contributed by atoms with E-state index in [1.54, 1.807) is 0 Å².